The first-order valence-corrected chi connectivity index (χ1v) is 6.97. The maximum absolute atomic E-state index is 12.2. The van der Waals surface area contributed by atoms with Crippen molar-refractivity contribution in [3.8, 4) is 0 Å². The molecule has 1 amide bonds. The normalized spacial score (nSPS) is 10.3. The van der Waals surface area contributed by atoms with Gasteiger partial charge in [-0.05, 0) is 60.1 Å². The highest BCUT2D eigenvalue weighted by molar-refractivity contribution is 9.10. The van der Waals surface area contributed by atoms with E-state index in [0.717, 1.165) is 15.6 Å². The van der Waals surface area contributed by atoms with E-state index < -0.39 is 0 Å². The van der Waals surface area contributed by atoms with Crippen LogP contribution < -0.4 is 5.32 Å². The topological polar surface area (TPSA) is 29.1 Å². The van der Waals surface area contributed by atoms with Crippen LogP contribution in [0.2, 0.25) is 5.02 Å². The molecule has 1 N–H and O–H groups in total. The van der Waals surface area contributed by atoms with E-state index in [0.29, 0.717) is 16.3 Å². The highest BCUT2D eigenvalue weighted by Crippen LogP contribution is 2.26. The average Bonchev–Trinajstić information content (AvgIpc) is 2.32. The van der Waals surface area contributed by atoms with Gasteiger partial charge in [-0.1, -0.05) is 28.8 Å². The Morgan fingerprint density at radius 3 is 2.37 bits per heavy atom. The molecule has 0 spiro atoms. The Kier molecular flexibility index (Phi) is 4.27. The highest BCUT2D eigenvalue weighted by atomic mass is 79.9. The van der Waals surface area contributed by atoms with Crippen LogP contribution in [-0.2, 0) is 0 Å². The molecule has 0 unspecified atom stereocenters. The zero-order valence-corrected chi connectivity index (χ0v) is 13.0. The number of hydrogen-bond donors (Lipinski definition) is 1. The summed E-state index contributed by atoms with van der Waals surface area (Å²) in [4.78, 5) is 12.2. The number of rotatable bonds is 2. The van der Waals surface area contributed by atoms with Crippen LogP contribution >= 0.6 is 27.5 Å². The van der Waals surface area contributed by atoms with E-state index in [9.17, 15) is 4.79 Å². The van der Waals surface area contributed by atoms with Gasteiger partial charge in [-0.25, -0.2) is 0 Å². The number of anilines is 1. The van der Waals surface area contributed by atoms with Crippen LogP contribution in [-0.4, -0.2) is 5.91 Å². The molecule has 0 atom stereocenters. The molecular weight excluding hydrogens is 326 g/mol. The molecule has 2 aromatic carbocycles. The van der Waals surface area contributed by atoms with Gasteiger partial charge in [0.15, 0.2) is 0 Å². The predicted molar refractivity (Wildman–Crippen MR) is 83.0 cm³/mol. The lowest BCUT2D eigenvalue weighted by atomic mass is 10.1. The zero-order chi connectivity index (χ0) is 14.0. The van der Waals surface area contributed by atoms with Crippen molar-refractivity contribution < 1.29 is 4.79 Å². The van der Waals surface area contributed by atoms with Crippen LogP contribution in [0.25, 0.3) is 0 Å². The van der Waals surface area contributed by atoms with Gasteiger partial charge in [0, 0.05) is 15.1 Å². The van der Waals surface area contributed by atoms with Crippen molar-refractivity contribution in [1.82, 2.24) is 0 Å². The molecule has 0 bridgehead atoms. The molecule has 0 aromatic heterocycles. The number of benzene rings is 2. The molecule has 4 heteroatoms. The lowest BCUT2D eigenvalue weighted by molar-refractivity contribution is 0.102. The van der Waals surface area contributed by atoms with Crippen molar-refractivity contribution in [2.24, 2.45) is 0 Å². The number of aryl methyl sites for hydroxylation is 2. The summed E-state index contributed by atoms with van der Waals surface area (Å²) >= 11 is 9.31. The van der Waals surface area contributed by atoms with E-state index in [1.165, 1.54) is 0 Å². The summed E-state index contributed by atoms with van der Waals surface area (Å²) < 4.78 is 0.801. The largest absolute Gasteiger partial charge is 0.321 e. The van der Waals surface area contributed by atoms with E-state index in [1.54, 1.807) is 18.2 Å². The summed E-state index contributed by atoms with van der Waals surface area (Å²) in [6.45, 7) is 3.94. The second-order valence-corrected chi connectivity index (χ2v) is 5.75. The van der Waals surface area contributed by atoms with Gasteiger partial charge in [0.1, 0.15) is 0 Å². The molecule has 0 aliphatic heterocycles. The summed E-state index contributed by atoms with van der Waals surface area (Å²) in [6.07, 6.45) is 0. The number of carbonyl (C=O) groups is 1. The van der Waals surface area contributed by atoms with Crippen LogP contribution in [0.15, 0.2) is 40.9 Å². The summed E-state index contributed by atoms with van der Waals surface area (Å²) in [7, 11) is 0. The number of amides is 1. The van der Waals surface area contributed by atoms with Gasteiger partial charge in [0.05, 0.1) is 5.69 Å². The fraction of sp³-hybridized carbons (Fsp3) is 0.133. The predicted octanol–water partition coefficient (Wildman–Crippen LogP) is 4.97. The lowest BCUT2D eigenvalue weighted by Crippen LogP contribution is -2.12. The van der Waals surface area contributed by atoms with Gasteiger partial charge in [-0.15, -0.1) is 0 Å². The van der Waals surface area contributed by atoms with Crippen LogP contribution in [0.4, 0.5) is 5.69 Å². The molecule has 2 rings (SSSR count). The molecule has 0 aliphatic rings. The summed E-state index contributed by atoms with van der Waals surface area (Å²) in [5.41, 5.74) is 3.44. The molecule has 0 saturated carbocycles. The zero-order valence-electron chi connectivity index (χ0n) is 10.6. The van der Waals surface area contributed by atoms with Crippen molar-refractivity contribution in [1.29, 1.82) is 0 Å². The maximum Gasteiger partial charge on any atom is 0.255 e. The SMILES string of the molecule is Cc1cc(C)cc(C(=O)Nc2cc(Cl)ccc2Br)c1. The highest BCUT2D eigenvalue weighted by Gasteiger charge is 2.09. The van der Waals surface area contributed by atoms with E-state index in [2.05, 4.69) is 21.2 Å². The van der Waals surface area contributed by atoms with Crippen molar-refractivity contribution in [3.05, 3.63) is 62.6 Å². The van der Waals surface area contributed by atoms with Crippen molar-refractivity contribution >= 4 is 39.1 Å². The molecule has 2 nitrogen and oxygen atoms in total. The molecule has 0 radical (unpaired) electrons. The molecule has 98 valence electrons. The fourth-order valence-corrected chi connectivity index (χ4v) is 2.41. The van der Waals surface area contributed by atoms with Gasteiger partial charge in [0.2, 0.25) is 0 Å². The van der Waals surface area contributed by atoms with Gasteiger partial charge in [-0.2, -0.15) is 0 Å². The minimum Gasteiger partial charge on any atom is -0.321 e. The first-order chi connectivity index (χ1) is 8.95. The number of carbonyl (C=O) groups excluding carboxylic acids is 1. The van der Waals surface area contributed by atoms with Gasteiger partial charge >= 0.3 is 0 Å². The van der Waals surface area contributed by atoms with Crippen LogP contribution in [0.1, 0.15) is 21.5 Å². The van der Waals surface area contributed by atoms with Crippen LogP contribution in [0.3, 0.4) is 0 Å². The van der Waals surface area contributed by atoms with E-state index in [1.807, 2.05) is 32.0 Å². The first-order valence-electron chi connectivity index (χ1n) is 5.80. The maximum atomic E-state index is 12.2. The third kappa shape index (κ3) is 3.58. The van der Waals surface area contributed by atoms with Crippen LogP contribution in [0, 0.1) is 13.8 Å². The Labute approximate surface area is 125 Å². The Hall–Kier alpha value is -1.32. The average molecular weight is 339 g/mol. The molecule has 0 heterocycles. The molecule has 0 saturated heterocycles. The molecule has 2 aromatic rings. The Bertz CT molecular complexity index is 620. The third-order valence-electron chi connectivity index (χ3n) is 2.66. The molecule has 0 fully saturated rings. The summed E-state index contributed by atoms with van der Waals surface area (Å²) in [5.74, 6) is -0.144. The van der Waals surface area contributed by atoms with Crippen molar-refractivity contribution in [2.75, 3.05) is 5.32 Å². The first kappa shape index (κ1) is 14.1. The minimum atomic E-state index is -0.144. The smallest absolute Gasteiger partial charge is 0.255 e. The standard InChI is InChI=1S/C15H13BrClNO/c1-9-5-10(2)7-11(6-9)15(19)18-14-8-12(17)3-4-13(14)16/h3-8H,1-2H3,(H,18,19). The van der Waals surface area contributed by atoms with Gasteiger partial charge in [-0.3, -0.25) is 4.79 Å². The quantitative estimate of drug-likeness (QED) is 0.823. The minimum absolute atomic E-state index is 0.144. The lowest BCUT2D eigenvalue weighted by Gasteiger charge is -2.09. The van der Waals surface area contributed by atoms with E-state index >= 15 is 0 Å². The third-order valence-corrected chi connectivity index (χ3v) is 3.59. The monoisotopic (exact) mass is 337 g/mol. The van der Waals surface area contributed by atoms with Crippen LogP contribution in [0.5, 0.6) is 0 Å². The molecule has 19 heavy (non-hydrogen) atoms. The second kappa shape index (κ2) is 5.76. The molecular formula is C15H13BrClNO. The van der Waals surface area contributed by atoms with Gasteiger partial charge in [0.25, 0.3) is 5.91 Å². The van der Waals surface area contributed by atoms with Gasteiger partial charge < -0.3 is 5.32 Å². The molecule has 0 aliphatic carbocycles. The van der Waals surface area contributed by atoms with E-state index in [-0.39, 0.29) is 5.91 Å². The Morgan fingerprint density at radius 2 is 1.74 bits per heavy atom. The Balaban J connectivity index is 2.28. The number of halogens is 2. The second-order valence-electron chi connectivity index (χ2n) is 4.45. The fourth-order valence-electron chi connectivity index (χ4n) is 1.89. The van der Waals surface area contributed by atoms with Crippen molar-refractivity contribution in [3.63, 3.8) is 0 Å². The number of nitrogens with one attached hydrogen (secondary N) is 1. The van der Waals surface area contributed by atoms with Crippen molar-refractivity contribution in [2.45, 2.75) is 13.8 Å². The van der Waals surface area contributed by atoms with E-state index in [4.69, 9.17) is 11.6 Å². The Morgan fingerprint density at radius 1 is 1.11 bits per heavy atom. The number of hydrogen-bond acceptors (Lipinski definition) is 1. The summed E-state index contributed by atoms with van der Waals surface area (Å²) in [5, 5.41) is 3.43. The summed E-state index contributed by atoms with van der Waals surface area (Å²) in [6, 6.07) is 11.0.